The van der Waals surface area contributed by atoms with Gasteiger partial charge >= 0.3 is 0 Å². The van der Waals surface area contributed by atoms with Crippen molar-refractivity contribution in [1.29, 1.82) is 0 Å². The zero-order valence-electron chi connectivity index (χ0n) is 16.6. The van der Waals surface area contributed by atoms with E-state index in [1.807, 2.05) is 19.1 Å². The molecule has 8 heteroatoms. The van der Waals surface area contributed by atoms with Crippen LogP contribution in [0.1, 0.15) is 44.1 Å². The summed E-state index contributed by atoms with van der Waals surface area (Å²) in [7, 11) is 1.67. The second kappa shape index (κ2) is 8.14. The van der Waals surface area contributed by atoms with Gasteiger partial charge in [-0.3, -0.25) is 0 Å². The third-order valence-electron chi connectivity index (χ3n) is 4.69. The van der Waals surface area contributed by atoms with Crippen molar-refractivity contribution in [2.45, 2.75) is 52.5 Å². The highest BCUT2D eigenvalue weighted by Gasteiger charge is 2.32. The minimum Gasteiger partial charge on any atom is -0.385 e. The lowest BCUT2D eigenvalue weighted by Crippen LogP contribution is -2.58. The summed E-state index contributed by atoms with van der Waals surface area (Å²) in [5, 5.41) is 9.76. The number of aliphatic hydroxyl groups is 1. The molecule has 3 rings (SSSR count). The highest BCUT2D eigenvalue weighted by molar-refractivity contribution is 5.45. The van der Waals surface area contributed by atoms with Gasteiger partial charge in [-0.15, -0.1) is 0 Å². The number of anilines is 2. The van der Waals surface area contributed by atoms with Crippen LogP contribution >= 0.6 is 0 Å². The number of piperazine rings is 1. The van der Waals surface area contributed by atoms with E-state index in [0.29, 0.717) is 12.4 Å². The molecule has 27 heavy (non-hydrogen) atoms. The number of ether oxygens (including phenoxy) is 1. The van der Waals surface area contributed by atoms with Gasteiger partial charge < -0.3 is 19.6 Å². The standard InChI is InChI=1S/C19H28N6O2/c1-12-8-16(11-27-5)22-19(21-12)25-13(2)9-24(10-14(25)3)17-6-7-20-18(23-17)15(4)26/h6-8,13-15,26H,9-11H2,1-5H3. The number of nitrogens with zero attached hydrogens (tertiary/aromatic N) is 6. The summed E-state index contributed by atoms with van der Waals surface area (Å²) in [6.45, 7) is 10.0. The van der Waals surface area contributed by atoms with E-state index in [4.69, 9.17) is 9.72 Å². The molecule has 2 aromatic rings. The number of methoxy groups -OCH3 is 1. The van der Waals surface area contributed by atoms with Crippen LogP contribution in [0.25, 0.3) is 0 Å². The number of hydrogen-bond donors (Lipinski definition) is 1. The van der Waals surface area contributed by atoms with Crippen molar-refractivity contribution in [3.8, 4) is 0 Å². The second-order valence-corrected chi connectivity index (χ2v) is 7.19. The predicted molar refractivity (Wildman–Crippen MR) is 104 cm³/mol. The first-order valence-corrected chi connectivity index (χ1v) is 9.26. The minimum absolute atomic E-state index is 0.205. The Kier molecular flexibility index (Phi) is 5.86. The van der Waals surface area contributed by atoms with Gasteiger partial charge in [-0.25, -0.2) is 19.9 Å². The van der Waals surface area contributed by atoms with Crippen molar-refractivity contribution in [1.82, 2.24) is 19.9 Å². The first kappa shape index (κ1) is 19.4. The molecule has 0 saturated carbocycles. The van der Waals surface area contributed by atoms with Crippen molar-refractivity contribution in [3.63, 3.8) is 0 Å². The number of rotatable bonds is 5. The highest BCUT2D eigenvalue weighted by Crippen LogP contribution is 2.25. The molecular weight excluding hydrogens is 344 g/mol. The van der Waals surface area contributed by atoms with Crippen LogP contribution in [0.4, 0.5) is 11.8 Å². The van der Waals surface area contributed by atoms with Crippen molar-refractivity contribution in [3.05, 3.63) is 35.5 Å². The fourth-order valence-electron chi connectivity index (χ4n) is 3.60. The van der Waals surface area contributed by atoms with E-state index in [0.717, 1.165) is 36.2 Å². The van der Waals surface area contributed by atoms with Gasteiger partial charge in [-0.2, -0.15) is 0 Å². The Morgan fingerprint density at radius 3 is 2.56 bits per heavy atom. The second-order valence-electron chi connectivity index (χ2n) is 7.19. The van der Waals surface area contributed by atoms with E-state index in [1.54, 1.807) is 20.2 Å². The van der Waals surface area contributed by atoms with Crippen LogP contribution in [0.15, 0.2) is 18.3 Å². The molecule has 0 aliphatic carbocycles. The average Bonchev–Trinajstić information content (AvgIpc) is 2.61. The van der Waals surface area contributed by atoms with Gasteiger partial charge in [0.05, 0.1) is 12.3 Å². The van der Waals surface area contributed by atoms with Crippen molar-refractivity contribution in [2.75, 3.05) is 30.0 Å². The Balaban J connectivity index is 1.82. The van der Waals surface area contributed by atoms with Crippen LogP contribution in [-0.4, -0.2) is 57.3 Å². The van der Waals surface area contributed by atoms with Gasteiger partial charge in [0.25, 0.3) is 0 Å². The van der Waals surface area contributed by atoms with Crippen LogP contribution in [0, 0.1) is 6.92 Å². The molecule has 3 atom stereocenters. The molecule has 0 amide bonds. The van der Waals surface area contributed by atoms with Gasteiger partial charge in [-0.05, 0) is 39.8 Å². The Bertz CT molecular complexity index is 773. The van der Waals surface area contributed by atoms with Gasteiger partial charge in [0, 0.05) is 44.2 Å². The van der Waals surface area contributed by atoms with E-state index in [2.05, 4.69) is 38.6 Å². The molecular formula is C19H28N6O2. The maximum atomic E-state index is 9.76. The smallest absolute Gasteiger partial charge is 0.226 e. The lowest BCUT2D eigenvalue weighted by Gasteiger charge is -2.45. The van der Waals surface area contributed by atoms with Crippen LogP contribution in [0.2, 0.25) is 0 Å². The van der Waals surface area contributed by atoms with E-state index < -0.39 is 6.10 Å². The topological polar surface area (TPSA) is 87.5 Å². The molecule has 3 unspecified atom stereocenters. The molecule has 0 spiro atoms. The molecule has 0 bridgehead atoms. The summed E-state index contributed by atoms with van der Waals surface area (Å²) in [5.41, 5.74) is 1.82. The third-order valence-corrected chi connectivity index (χ3v) is 4.69. The number of aromatic nitrogens is 4. The van der Waals surface area contributed by atoms with Crippen LogP contribution in [0.3, 0.4) is 0 Å². The van der Waals surface area contributed by atoms with Gasteiger partial charge in [0.15, 0.2) is 5.82 Å². The SMILES string of the molecule is COCc1cc(C)nc(N2C(C)CN(c3ccnc(C(C)O)n3)CC2C)n1. The van der Waals surface area contributed by atoms with Crippen LogP contribution in [-0.2, 0) is 11.3 Å². The van der Waals surface area contributed by atoms with Gasteiger partial charge in [0.2, 0.25) is 5.95 Å². The quantitative estimate of drug-likeness (QED) is 0.851. The fourth-order valence-corrected chi connectivity index (χ4v) is 3.60. The molecule has 0 radical (unpaired) electrons. The number of aryl methyl sites for hydroxylation is 1. The molecule has 1 aliphatic rings. The maximum absolute atomic E-state index is 9.76. The Labute approximate surface area is 160 Å². The third kappa shape index (κ3) is 4.33. The highest BCUT2D eigenvalue weighted by atomic mass is 16.5. The number of hydrogen-bond acceptors (Lipinski definition) is 8. The van der Waals surface area contributed by atoms with E-state index in [9.17, 15) is 5.11 Å². The summed E-state index contributed by atoms with van der Waals surface area (Å²) in [6.07, 6.45) is 1.02. The summed E-state index contributed by atoms with van der Waals surface area (Å²) < 4.78 is 5.23. The molecule has 1 fully saturated rings. The van der Waals surface area contributed by atoms with Crippen molar-refractivity contribution in [2.24, 2.45) is 0 Å². The predicted octanol–water partition coefficient (Wildman–Crippen LogP) is 1.88. The Morgan fingerprint density at radius 2 is 1.93 bits per heavy atom. The average molecular weight is 372 g/mol. The Morgan fingerprint density at radius 1 is 1.22 bits per heavy atom. The molecule has 1 saturated heterocycles. The summed E-state index contributed by atoms with van der Waals surface area (Å²) in [4.78, 5) is 22.5. The largest absolute Gasteiger partial charge is 0.385 e. The molecule has 0 aromatic carbocycles. The minimum atomic E-state index is -0.680. The summed E-state index contributed by atoms with van der Waals surface area (Å²) >= 11 is 0. The maximum Gasteiger partial charge on any atom is 0.226 e. The molecule has 3 heterocycles. The molecule has 1 aliphatic heterocycles. The van der Waals surface area contributed by atoms with Crippen LogP contribution < -0.4 is 9.80 Å². The molecule has 146 valence electrons. The zero-order valence-corrected chi connectivity index (χ0v) is 16.6. The summed E-state index contributed by atoms with van der Waals surface area (Å²) in [5.74, 6) is 2.03. The lowest BCUT2D eigenvalue weighted by molar-refractivity contribution is 0.181. The van der Waals surface area contributed by atoms with Crippen molar-refractivity contribution < 1.29 is 9.84 Å². The first-order chi connectivity index (χ1) is 12.9. The van der Waals surface area contributed by atoms with E-state index in [1.165, 1.54) is 0 Å². The van der Waals surface area contributed by atoms with Gasteiger partial charge in [-0.1, -0.05) is 0 Å². The van der Waals surface area contributed by atoms with Crippen molar-refractivity contribution >= 4 is 11.8 Å². The van der Waals surface area contributed by atoms with Gasteiger partial charge in [0.1, 0.15) is 11.9 Å². The monoisotopic (exact) mass is 372 g/mol. The van der Waals surface area contributed by atoms with E-state index >= 15 is 0 Å². The lowest BCUT2D eigenvalue weighted by atomic mass is 10.1. The molecule has 8 nitrogen and oxygen atoms in total. The normalized spacial score (nSPS) is 21.4. The first-order valence-electron chi connectivity index (χ1n) is 9.26. The number of aliphatic hydroxyl groups excluding tert-OH is 1. The summed E-state index contributed by atoms with van der Waals surface area (Å²) in [6, 6.07) is 4.25. The molecule has 1 N–H and O–H groups in total. The molecule has 2 aromatic heterocycles. The zero-order chi connectivity index (χ0) is 19.6. The Hall–Kier alpha value is -2.32. The van der Waals surface area contributed by atoms with Crippen LogP contribution in [0.5, 0.6) is 0 Å². The fraction of sp³-hybridized carbons (Fsp3) is 0.579. The van der Waals surface area contributed by atoms with E-state index in [-0.39, 0.29) is 12.1 Å².